The zero-order valence-electron chi connectivity index (χ0n) is 16.5. The number of hydrogen-bond donors (Lipinski definition) is 1. The SMILES string of the molecule is Cc1nccn1Cc1ccc(NC(=O)CCc2cnoc2-c2ccc(F)cc2)cc1. The van der Waals surface area contributed by atoms with Crippen molar-refractivity contribution in [1.82, 2.24) is 14.7 Å². The van der Waals surface area contributed by atoms with Gasteiger partial charge in [0.05, 0.1) is 6.20 Å². The third kappa shape index (κ3) is 4.63. The molecule has 4 aromatic rings. The maximum absolute atomic E-state index is 13.1. The van der Waals surface area contributed by atoms with E-state index < -0.39 is 0 Å². The van der Waals surface area contributed by atoms with E-state index in [-0.39, 0.29) is 18.1 Å². The van der Waals surface area contributed by atoms with E-state index in [9.17, 15) is 9.18 Å². The van der Waals surface area contributed by atoms with Gasteiger partial charge in [0, 0.05) is 42.2 Å². The molecule has 0 atom stereocenters. The molecule has 0 saturated heterocycles. The van der Waals surface area contributed by atoms with Gasteiger partial charge in [-0.05, 0) is 55.3 Å². The molecule has 30 heavy (non-hydrogen) atoms. The van der Waals surface area contributed by atoms with Gasteiger partial charge in [-0.15, -0.1) is 0 Å². The molecule has 4 rings (SSSR count). The van der Waals surface area contributed by atoms with Crippen LogP contribution in [0.25, 0.3) is 11.3 Å². The molecule has 0 saturated carbocycles. The van der Waals surface area contributed by atoms with Crippen LogP contribution in [0.5, 0.6) is 0 Å². The lowest BCUT2D eigenvalue weighted by Gasteiger charge is -2.08. The molecular weight excluding hydrogens is 383 g/mol. The van der Waals surface area contributed by atoms with Crippen molar-refractivity contribution >= 4 is 11.6 Å². The van der Waals surface area contributed by atoms with Crippen LogP contribution in [0.2, 0.25) is 0 Å². The smallest absolute Gasteiger partial charge is 0.224 e. The number of anilines is 1. The first-order valence-corrected chi connectivity index (χ1v) is 9.64. The molecule has 0 radical (unpaired) electrons. The number of nitrogens with zero attached hydrogens (tertiary/aromatic N) is 3. The van der Waals surface area contributed by atoms with Gasteiger partial charge >= 0.3 is 0 Å². The van der Waals surface area contributed by atoms with Crippen LogP contribution in [0.15, 0.2) is 71.6 Å². The minimum absolute atomic E-state index is 0.0977. The topological polar surface area (TPSA) is 73.0 Å². The van der Waals surface area contributed by atoms with Gasteiger partial charge < -0.3 is 14.4 Å². The van der Waals surface area contributed by atoms with Crippen molar-refractivity contribution in [2.45, 2.75) is 26.3 Å². The number of nitrogens with one attached hydrogen (secondary N) is 1. The van der Waals surface area contributed by atoms with Gasteiger partial charge in [0.25, 0.3) is 0 Å². The number of aryl methyl sites for hydroxylation is 2. The number of imidazole rings is 1. The van der Waals surface area contributed by atoms with E-state index in [1.165, 1.54) is 12.1 Å². The fourth-order valence-corrected chi connectivity index (χ4v) is 3.21. The van der Waals surface area contributed by atoms with Gasteiger partial charge in [-0.3, -0.25) is 4.79 Å². The number of benzene rings is 2. The number of hydrogen-bond acceptors (Lipinski definition) is 4. The molecule has 0 aliphatic rings. The molecule has 0 aliphatic heterocycles. The molecule has 2 heterocycles. The Morgan fingerprint density at radius 3 is 2.60 bits per heavy atom. The van der Waals surface area contributed by atoms with Crippen molar-refractivity contribution in [3.63, 3.8) is 0 Å². The van der Waals surface area contributed by atoms with Crippen molar-refractivity contribution in [3.8, 4) is 11.3 Å². The van der Waals surface area contributed by atoms with Crippen molar-refractivity contribution < 1.29 is 13.7 Å². The van der Waals surface area contributed by atoms with Crippen LogP contribution >= 0.6 is 0 Å². The highest BCUT2D eigenvalue weighted by Gasteiger charge is 2.13. The molecule has 0 spiro atoms. The van der Waals surface area contributed by atoms with Crippen LogP contribution < -0.4 is 5.32 Å². The lowest BCUT2D eigenvalue weighted by Crippen LogP contribution is -2.12. The molecule has 0 unspecified atom stereocenters. The fourth-order valence-electron chi connectivity index (χ4n) is 3.21. The highest BCUT2D eigenvalue weighted by molar-refractivity contribution is 5.90. The summed E-state index contributed by atoms with van der Waals surface area (Å²) in [4.78, 5) is 16.6. The summed E-state index contributed by atoms with van der Waals surface area (Å²) in [6, 6.07) is 13.8. The Labute approximate surface area is 173 Å². The molecule has 1 amide bonds. The zero-order chi connectivity index (χ0) is 20.9. The maximum Gasteiger partial charge on any atom is 0.224 e. The highest BCUT2D eigenvalue weighted by atomic mass is 19.1. The van der Waals surface area contributed by atoms with E-state index in [0.29, 0.717) is 12.2 Å². The number of carbonyl (C=O) groups excluding carboxylic acids is 1. The van der Waals surface area contributed by atoms with Crippen molar-refractivity contribution in [3.05, 3.63) is 89.9 Å². The molecule has 6 nitrogen and oxygen atoms in total. The Morgan fingerprint density at radius 2 is 1.90 bits per heavy atom. The van der Waals surface area contributed by atoms with Crippen LogP contribution in [-0.4, -0.2) is 20.6 Å². The Balaban J connectivity index is 1.33. The molecule has 152 valence electrons. The van der Waals surface area contributed by atoms with Gasteiger partial charge in [0.15, 0.2) is 5.76 Å². The summed E-state index contributed by atoms with van der Waals surface area (Å²) in [5.41, 5.74) is 3.41. The summed E-state index contributed by atoms with van der Waals surface area (Å²) in [5, 5.41) is 6.73. The van der Waals surface area contributed by atoms with Crippen molar-refractivity contribution in [2.75, 3.05) is 5.32 Å². The van der Waals surface area contributed by atoms with Crippen LogP contribution in [-0.2, 0) is 17.8 Å². The zero-order valence-corrected chi connectivity index (χ0v) is 16.5. The number of amides is 1. The third-order valence-corrected chi connectivity index (χ3v) is 4.89. The molecule has 0 fully saturated rings. The van der Waals surface area contributed by atoms with Gasteiger partial charge in [0.1, 0.15) is 11.6 Å². The summed E-state index contributed by atoms with van der Waals surface area (Å²) in [6.07, 6.45) is 6.07. The van der Waals surface area contributed by atoms with Crippen molar-refractivity contribution in [1.29, 1.82) is 0 Å². The lowest BCUT2D eigenvalue weighted by molar-refractivity contribution is -0.116. The van der Waals surface area contributed by atoms with E-state index in [1.54, 1.807) is 24.5 Å². The Morgan fingerprint density at radius 1 is 1.13 bits per heavy atom. The summed E-state index contributed by atoms with van der Waals surface area (Å²) >= 11 is 0. The summed E-state index contributed by atoms with van der Waals surface area (Å²) in [6.45, 7) is 2.70. The van der Waals surface area contributed by atoms with Crippen LogP contribution in [0.3, 0.4) is 0 Å². The molecule has 2 aromatic heterocycles. The average molecular weight is 404 g/mol. The third-order valence-electron chi connectivity index (χ3n) is 4.89. The van der Waals surface area contributed by atoms with Gasteiger partial charge in [-0.1, -0.05) is 17.3 Å². The number of halogens is 1. The quantitative estimate of drug-likeness (QED) is 0.488. The minimum atomic E-state index is -0.314. The van der Waals surface area contributed by atoms with E-state index in [4.69, 9.17) is 4.52 Å². The Bertz CT molecular complexity index is 1130. The highest BCUT2D eigenvalue weighted by Crippen LogP contribution is 2.25. The van der Waals surface area contributed by atoms with Gasteiger partial charge in [-0.25, -0.2) is 9.37 Å². The molecule has 2 aromatic carbocycles. The first-order chi connectivity index (χ1) is 14.6. The molecule has 7 heteroatoms. The second-order valence-electron chi connectivity index (χ2n) is 7.03. The molecule has 0 bridgehead atoms. The van der Waals surface area contributed by atoms with Gasteiger partial charge in [-0.2, -0.15) is 0 Å². The van der Waals surface area contributed by atoms with E-state index in [2.05, 4.69) is 20.0 Å². The predicted molar refractivity (Wildman–Crippen MR) is 111 cm³/mol. The Kier molecular flexibility index (Phi) is 5.70. The number of aromatic nitrogens is 3. The average Bonchev–Trinajstić information content (AvgIpc) is 3.38. The molecule has 1 N–H and O–H groups in total. The summed E-state index contributed by atoms with van der Waals surface area (Å²) < 4.78 is 20.5. The van der Waals surface area contributed by atoms with Gasteiger partial charge in [0.2, 0.25) is 5.91 Å². The van der Waals surface area contributed by atoms with Crippen LogP contribution in [0, 0.1) is 12.7 Å². The lowest BCUT2D eigenvalue weighted by atomic mass is 10.1. The fraction of sp³-hybridized carbons (Fsp3) is 0.174. The van der Waals surface area contributed by atoms with Crippen LogP contribution in [0.1, 0.15) is 23.4 Å². The van der Waals surface area contributed by atoms with Crippen LogP contribution in [0.4, 0.5) is 10.1 Å². The predicted octanol–water partition coefficient (Wildman–Crippen LogP) is 4.61. The molecular formula is C23H21FN4O2. The normalized spacial score (nSPS) is 10.9. The maximum atomic E-state index is 13.1. The monoisotopic (exact) mass is 404 g/mol. The van der Waals surface area contributed by atoms with E-state index >= 15 is 0 Å². The minimum Gasteiger partial charge on any atom is -0.356 e. The Hall–Kier alpha value is -3.74. The standard InChI is InChI=1S/C23H21FN4O2/c1-16-25-12-13-28(16)15-17-2-9-21(10-3-17)27-22(29)11-6-19-14-26-30-23(19)18-4-7-20(24)8-5-18/h2-5,7-10,12-14H,6,11,15H2,1H3,(H,27,29). The second-order valence-corrected chi connectivity index (χ2v) is 7.03. The summed E-state index contributed by atoms with van der Waals surface area (Å²) in [7, 11) is 0. The second kappa shape index (κ2) is 8.73. The van der Waals surface area contributed by atoms with Crippen molar-refractivity contribution in [2.24, 2.45) is 0 Å². The largest absolute Gasteiger partial charge is 0.356 e. The van der Waals surface area contributed by atoms with E-state index in [0.717, 1.165) is 34.7 Å². The number of carbonyl (C=O) groups is 1. The van der Waals surface area contributed by atoms with E-state index in [1.807, 2.05) is 37.4 Å². The first-order valence-electron chi connectivity index (χ1n) is 9.64. The summed E-state index contributed by atoms with van der Waals surface area (Å²) in [5.74, 6) is 1.10. The first kappa shape index (κ1) is 19.6. The molecule has 0 aliphatic carbocycles. The number of rotatable bonds is 7.